The minimum absolute atomic E-state index is 0. The van der Waals surface area contributed by atoms with E-state index >= 15 is 0 Å². The third-order valence-corrected chi connectivity index (χ3v) is 1.03. The molecule has 0 aliphatic heterocycles. The van der Waals surface area contributed by atoms with Gasteiger partial charge in [-0.3, -0.25) is 5.10 Å². The number of carboxylic acids is 2. The third kappa shape index (κ3) is 3.30. The molecule has 0 aromatic carbocycles. The van der Waals surface area contributed by atoms with E-state index in [9.17, 15) is 9.59 Å². The van der Waals surface area contributed by atoms with Gasteiger partial charge >= 0.3 is 11.9 Å². The Morgan fingerprint density at radius 1 is 1.23 bits per heavy atom. The zero-order valence-corrected chi connectivity index (χ0v) is 7.68. The van der Waals surface area contributed by atoms with Crippen LogP contribution in [0.25, 0.3) is 0 Å². The molecule has 1 aromatic heterocycles. The van der Waals surface area contributed by atoms with Gasteiger partial charge in [-0.05, 0) is 0 Å². The van der Waals surface area contributed by atoms with Gasteiger partial charge in [-0.1, -0.05) is 0 Å². The van der Waals surface area contributed by atoms with Crippen molar-refractivity contribution in [2.75, 3.05) is 0 Å². The summed E-state index contributed by atoms with van der Waals surface area (Å²) in [7, 11) is 0. The molecule has 0 amide bonds. The normalized spacial score (nSPS) is 8.00. The van der Waals surface area contributed by atoms with Crippen molar-refractivity contribution in [1.82, 2.24) is 10.2 Å². The number of hydrogen-bond donors (Lipinski definition) is 3. The van der Waals surface area contributed by atoms with Crippen LogP contribution in [-0.4, -0.2) is 32.3 Å². The first-order valence-corrected chi connectivity index (χ1v) is 2.63. The van der Waals surface area contributed by atoms with E-state index in [4.69, 9.17) is 10.2 Å². The summed E-state index contributed by atoms with van der Waals surface area (Å²) in [5.74, 6) is -2.49. The molecule has 8 heteroatoms. The maximum absolute atomic E-state index is 10.2. The summed E-state index contributed by atoms with van der Waals surface area (Å²) >= 11 is 0. The van der Waals surface area contributed by atoms with E-state index in [1.165, 1.54) is 0 Å². The van der Waals surface area contributed by atoms with E-state index in [0.29, 0.717) is 0 Å². The van der Waals surface area contributed by atoms with Crippen molar-refractivity contribution in [2.24, 2.45) is 0 Å². The van der Waals surface area contributed by atoms with Crippen molar-refractivity contribution >= 4 is 36.8 Å². The van der Waals surface area contributed by atoms with Crippen LogP contribution in [0.15, 0.2) is 6.07 Å². The number of aromatic carboxylic acids is 2. The lowest BCUT2D eigenvalue weighted by molar-refractivity contribution is 0.0683. The number of nitrogens with zero attached hydrogens (tertiary/aromatic N) is 1. The minimum Gasteiger partial charge on any atom is -0.477 e. The molecule has 1 rings (SSSR count). The van der Waals surface area contributed by atoms with E-state index in [0.717, 1.165) is 6.07 Å². The van der Waals surface area contributed by atoms with Crippen molar-refractivity contribution in [3.8, 4) is 0 Å². The van der Waals surface area contributed by atoms with Crippen LogP contribution in [0.2, 0.25) is 0 Å². The van der Waals surface area contributed by atoms with Crippen LogP contribution < -0.4 is 0 Å². The SMILES string of the molecule is Cl.Cl.O=C(O)c1cc(C(=O)O)[nH]n1. The molecule has 0 saturated carbocycles. The molecular weight excluding hydrogens is 223 g/mol. The van der Waals surface area contributed by atoms with Crippen molar-refractivity contribution in [2.45, 2.75) is 0 Å². The number of halogens is 2. The highest BCUT2D eigenvalue weighted by Crippen LogP contribution is 1.98. The monoisotopic (exact) mass is 228 g/mol. The number of H-pyrrole nitrogens is 1. The molecule has 0 aliphatic carbocycles. The highest BCUT2D eigenvalue weighted by Gasteiger charge is 2.11. The van der Waals surface area contributed by atoms with Gasteiger partial charge in [0.15, 0.2) is 5.69 Å². The maximum Gasteiger partial charge on any atom is 0.356 e. The van der Waals surface area contributed by atoms with Crippen LogP contribution in [0.1, 0.15) is 21.0 Å². The Morgan fingerprint density at radius 2 is 1.77 bits per heavy atom. The lowest BCUT2D eigenvalue weighted by atomic mass is 10.3. The topological polar surface area (TPSA) is 103 Å². The predicted octanol–water partition coefficient (Wildman–Crippen LogP) is 0.650. The van der Waals surface area contributed by atoms with Gasteiger partial charge in [0.1, 0.15) is 5.69 Å². The minimum atomic E-state index is -1.26. The fourth-order valence-electron chi connectivity index (χ4n) is 0.541. The highest BCUT2D eigenvalue weighted by molar-refractivity contribution is 5.91. The molecule has 0 fully saturated rings. The molecule has 6 nitrogen and oxygen atoms in total. The zero-order chi connectivity index (χ0) is 8.43. The molecule has 0 spiro atoms. The highest BCUT2D eigenvalue weighted by atomic mass is 35.5. The van der Waals surface area contributed by atoms with Crippen LogP contribution in [0.5, 0.6) is 0 Å². The lowest BCUT2D eigenvalue weighted by Crippen LogP contribution is -1.96. The van der Waals surface area contributed by atoms with Gasteiger partial charge in [0.05, 0.1) is 0 Å². The summed E-state index contributed by atoms with van der Waals surface area (Å²) in [4.78, 5) is 20.3. The third-order valence-electron chi connectivity index (χ3n) is 1.03. The number of nitrogens with one attached hydrogen (secondary N) is 1. The van der Waals surface area contributed by atoms with E-state index < -0.39 is 11.9 Å². The number of carbonyl (C=O) groups is 2. The number of carboxylic acid groups (broad SMARTS) is 2. The predicted molar refractivity (Wildman–Crippen MR) is 47.0 cm³/mol. The number of aromatic amines is 1. The maximum atomic E-state index is 10.2. The van der Waals surface area contributed by atoms with E-state index in [-0.39, 0.29) is 36.2 Å². The van der Waals surface area contributed by atoms with Gasteiger partial charge in [0.2, 0.25) is 0 Å². The largest absolute Gasteiger partial charge is 0.477 e. The fraction of sp³-hybridized carbons (Fsp3) is 0. The quantitative estimate of drug-likeness (QED) is 0.690. The second-order valence-electron chi connectivity index (χ2n) is 1.78. The van der Waals surface area contributed by atoms with Gasteiger partial charge in [-0.15, -0.1) is 24.8 Å². The molecule has 74 valence electrons. The smallest absolute Gasteiger partial charge is 0.356 e. The Kier molecular flexibility index (Phi) is 5.91. The van der Waals surface area contributed by atoms with Gasteiger partial charge in [-0.2, -0.15) is 5.10 Å². The summed E-state index contributed by atoms with van der Waals surface area (Å²) in [6.07, 6.45) is 0. The second-order valence-corrected chi connectivity index (χ2v) is 1.78. The number of hydrogen-bond acceptors (Lipinski definition) is 3. The average Bonchev–Trinajstić information content (AvgIpc) is 2.33. The molecule has 3 N–H and O–H groups in total. The summed E-state index contributed by atoms with van der Waals surface area (Å²) in [5.41, 5.74) is -0.537. The Bertz CT molecular complexity index is 283. The van der Waals surface area contributed by atoms with Crippen LogP contribution >= 0.6 is 24.8 Å². The molecule has 0 radical (unpaired) electrons. The standard InChI is InChI=1S/C5H4N2O4.2ClH/c8-4(9)2-1-3(5(10)11)7-6-2;;/h1H,(H,6,7)(H,8,9)(H,10,11);2*1H. The Balaban J connectivity index is 0. The van der Waals surface area contributed by atoms with Crippen LogP contribution in [0.3, 0.4) is 0 Å². The summed E-state index contributed by atoms with van der Waals surface area (Å²) < 4.78 is 0. The first kappa shape index (κ1) is 14.3. The van der Waals surface area contributed by atoms with Crippen molar-refractivity contribution < 1.29 is 19.8 Å². The molecule has 1 aromatic rings. The van der Waals surface area contributed by atoms with Crippen LogP contribution in [-0.2, 0) is 0 Å². The first-order valence-electron chi connectivity index (χ1n) is 2.63. The van der Waals surface area contributed by atoms with Crippen molar-refractivity contribution in [3.05, 3.63) is 17.5 Å². The van der Waals surface area contributed by atoms with Crippen LogP contribution in [0.4, 0.5) is 0 Å². The Morgan fingerprint density at radius 3 is 2.00 bits per heavy atom. The molecule has 1 heterocycles. The number of rotatable bonds is 2. The Labute approximate surface area is 84.8 Å². The van der Waals surface area contributed by atoms with E-state index in [1.807, 2.05) is 0 Å². The Hall–Kier alpha value is -1.27. The van der Waals surface area contributed by atoms with Crippen molar-refractivity contribution in [1.29, 1.82) is 0 Å². The summed E-state index contributed by atoms with van der Waals surface area (Å²) in [6.45, 7) is 0. The molecule has 0 unspecified atom stereocenters. The molecule has 0 saturated heterocycles. The van der Waals surface area contributed by atoms with Crippen LogP contribution in [0, 0.1) is 0 Å². The molecule has 0 aliphatic rings. The first-order chi connectivity index (χ1) is 5.11. The van der Waals surface area contributed by atoms with E-state index in [2.05, 4.69) is 10.2 Å². The molecule has 13 heavy (non-hydrogen) atoms. The number of aromatic nitrogens is 2. The van der Waals surface area contributed by atoms with E-state index in [1.54, 1.807) is 0 Å². The van der Waals surface area contributed by atoms with Gasteiger partial charge in [0, 0.05) is 6.07 Å². The zero-order valence-electron chi connectivity index (χ0n) is 6.05. The summed E-state index contributed by atoms with van der Waals surface area (Å²) in [6, 6.07) is 0.949. The van der Waals surface area contributed by atoms with Gasteiger partial charge < -0.3 is 10.2 Å². The fourth-order valence-corrected chi connectivity index (χ4v) is 0.541. The second kappa shape index (κ2) is 5.39. The lowest BCUT2D eigenvalue weighted by Gasteiger charge is -1.80. The van der Waals surface area contributed by atoms with Crippen molar-refractivity contribution in [3.63, 3.8) is 0 Å². The molecule has 0 bridgehead atoms. The van der Waals surface area contributed by atoms with Gasteiger partial charge in [-0.25, -0.2) is 9.59 Å². The molecule has 0 atom stereocenters. The molecular formula is C5H6Cl2N2O4. The summed E-state index contributed by atoms with van der Waals surface area (Å²) in [5, 5.41) is 21.9. The van der Waals surface area contributed by atoms with Gasteiger partial charge in [0.25, 0.3) is 0 Å². The average molecular weight is 229 g/mol.